The zero-order valence-electron chi connectivity index (χ0n) is 10.2. The summed E-state index contributed by atoms with van der Waals surface area (Å²) in [6.07, 6.45) is 7.55. The zero-order chi connectivity index (χ0) is 12.4. The van der Waals surface area contributed by atoms with Gasteiger partial charge in [-0.25, -0.2) is 4.98 Å². The van der Waals surface area contributed by atoms with Crippen LogP contribution in [0.25, 0.3) is 0 Å². The molecule has 0 fully saturated rings. The summed E-state index contributed by atoms with van der Waals surface area (Å²) in [7, 11) is 0. The molecule has 3 heterocycles. The van der Waals surface area contributed by atoms with Gasteiger partial charge in [-0.05, 0) is 17.7 Å². The molecule has 0 aromatic carbocycles. The molecule has 2 aromatic heterocycles. The minimum atomic E-state index is 0.249. The van der Waals surface area contributed by atoms with Crippen LogP contribution in [-0.4, -0.2) is 32.5 Å². The Morgan fingerprint density at radius 1 is 1.22 bits per heavy atom. The van der Waals surface area contributed by atoms with Gasteiger partial charge in [0, 0.05) is 50.5 Å². The molecule has 0 radical (unpaired) electrons. The van der Waals surface area contributed by atoms with Crippen molar-refractivity contribution in [3.63, 3.8) is 0 Å². The van der Waals surface area contributed by atoms with Gasteiger partial charge in [-0.15, -0.1) is 0 Å². The molecule has 5 nitrogen and oxygen atoms in total. The Balaban J connectivity index is 1.82. The van der Waals surface area contributed by atoms with Crippen molar-refractivity contribution in [1.82, 2.24) is 19.4 Å². The minimum absolute atomic E-state index is 0.249. The van der Waals surface area contributed by atoms with Gasteiger partial charge in [0.15, 0.2) is 0 Å². The van der Waals surface area contributed by atoms with E-state index >= 15 is 0 Å². The van der Waals surface area contributed by atoms with Gasteiger partial charge in [-0.2, -0.15) is 0 Å². The lowest BCUT2D eigenvalue weighted by Gasteiger charge is -2.34. The van der Waals surface area contributed by atoms with Gasteiger partial charge in [0.2, 0.25) is 0 Å². The van der Waals surface area contributed by atoms with Crippen molar-refractivity contribution in [2.45, 2.75) is 19.1 Å². The van der Waals surface area contributed by atoms with E-state index in [1.54, 1.807) is 0 Å². The lowest BCUT2D eigenvalue weighted by atomic mass is 10.1. The summed E-state index contributed by atoms with van der Waals surface area (Å²) in [5, 5.41) is 0. The standard InChI is InChI=1S/C13H17N5/c14-9-12(11-1-3-15-4-2-11)18-8-7-17-6-5-16-13(17)10-18/h1-6,12H,7-10,14H2. The third-order valence-corrected chi connectivity index (χ3v) is 3.53. The lowest BCUT2D eigenvalue weighted by molar-refractivity contribution is 0.156. The van der Waals surface area contributed by atoms with Gasteiger partial charge < -0.3 is 10.3 Å². The molecule has 1 aliphatic heterocycles. The first kappa shape index (κ1) is 11.4. The highest BCUT2D eigenvalue weighted by Gasteiger charge is 2.24. The number of fused-ring (bicyclic) bond motifs is 1. The van der Waals surface area contributed by atoms with Crippen LogP contribution in [0.4, 0.5) is 0 Å². The molecule has 1 atom stereocenters. The highest BCUT2D eigenvalue weighted by atomic mass is 15.3. The van der Waals surface area contributed by atoms with Gasteiger partial charge in [0.25, 0.3) is 0 Å². The summed E-state index contributed by atoms with van der Waals surface area (Å²) in [6, 6.07) is 4.33. The van der Waals surface area contributed by atoms with Crippen molar-refractivity contribution in [1.29, 1.82) is 0 Å². The molecule has 0 saturated heterocycles. The predicted molar refractivity (Wildman–Crippen MR) is 68.7 cm³/mol. The van der Waals surface area contributed by atoms with Crippen LogP contribution in [0.1, 0.15) is 17.4 Å². The van der Waals surface area contributed by atoms with E-state index in [-0.39, 0.29) is 6.04 Å². The maximum absolute atomic E-state index is 5.94. The minimum Gasteiger partial charge on any atom is -0.333 e. The molecule has 5 heteroatoms. The molecule has 2 aromatic rings. The Morgan fingerprint density at radius 3 is 2.83 bits per heavy atom. The van der Waals surface area contributed by atoms with Crippen molar-refractivity contribution in [2.75, 3.05) is 13.1 Å². The fourth-order valence-corrected chi connectivity index (χ4v) is 2.54. The van der Waals surface area contributed by atoms with Crippen LogP contribution >= 0.6 is 0 Å². The first-order valence-electron chi connectivity index (χ1n) is 6.22. The normalized spacial score (nSPS) is 17.4. The topological polar surface area (TPSA) is 60.0 Å². The molecular formula is C13H17N5. The molecule has 2 N–H and O–H groups in total. The maximum Gasteiger partial charge on any atom is 0.122 e. The average molecular weight is 243 g/mol. The predicted octanol–water partition coefficient (Wildman–Crippen LogP) is 0.794. The summed E-state index contributed by atoms with van der Waals surface area (Å²) in [5.41, 5.74) is 7.17. The van der Waals surface area contributed by atoms with Gasteiger partial charge in [-0.3, -0.25) is 9.88 Å². The van der Waals surface area contributed by atoms with Crippen molar-refractivity contribution in [3.05, 3.63) is 48.3 Å². The molecular weight excluding hydrogens is 226 g/mol. The smallest absolute Gasteiger partial charge is 0.122 e. The van der Waals surface area contributed by atoms with E-state index in [0.717, 1.165) is 25.5 Å². The number of hydrogen-bond donors (Lipinski definition) is 1. The van der Waals surface area contributed by atoms with Crippen molar-refractivity contribution < 1.29 is 0 Å². The molecule has 0 spiro atoms. The number of hydrogen-bond acceptors (Lipinski definition) is 4. The largest absolute Gasteiger partial charge is 0.333 e. The Hall–Kier alpha value is -1.72. The number of pyridine rings is 1. The molecule has 0 amide bonds. The van der Waals surface area contributed by atoms with E-state index in [9.17, 15) is 0 Å². The van der Waals surface area contributed by atoms with Crippen LogP contribution in [0.3, 0.4) is 0 Å². The number of rotatable bonds is 3. The number of nitrogens with two attached hydrogens (primary N) is 1. The van der Waals surface area contributed by atoms with E-state index in [1.807, 2.05) is 36.9 Å². The lowest BCUT2D eigenvalue weighted by Crippen LogP contribution is -2.39. The van der Waals surface area contributed by atoms with Crippen molar-refractivity contribution >= 4 is 0 Å². The van der Waals surface area contributed by atoms with Crippen LogP contribution in [0, 0.1) is 0 Å². The second kappa shape index (κ2) is 4.88. The Labute approximate surface area is 106 Å². The molecule has 0 aliphatic carbocycles. The molecule has 0 bridgehead atoms. The van der Waals surface area contributed by atoms with Crippen LogP contribution in [0.5, 0.6) is 0 Å². The highest BCUT2D eigenvalue weighted by Crippen LogP contribution is 2.23. The molecule has 1 aliphatic rings. The average Bonchev–Trinajstić information content (AvgIpc) is 2.88. The Morgan fingerprint density at radius 2 is 2.06 bits per heavy atom. The van der Waals surface area contributed by atoms with E-state index < -0.39 is 0 Å². The fraction of sp³-hybridized carbons (Fsp3) is 0.385. The molecule has 94 valence electrons. The Kier molecular flexibility index (Phi) is 3.08. The van der Waals surface area contributed by atoms with Crippen molar-refractivity contribution in [2.24, 2.45) is 5.73 Å². The summed E-state index contributed by atoms with van der Waals surface area (Å²) in [5.74, 6) is 1.12. The number of nitrogens with zero attached hydrogens (tertiary/aromatic N) is 4. The van der Waals surface area contributed by atoms with E-state index in [0.29, 0.717) is 6.54 Å². The van der Waals surface area contributed by atoms with Gasteiger partial charge >= 0.3 is 0 Å². The van der Waals surface area contributed by atoms with Crippen LogP contribution in [0.15, 0.2) is 36.9 Å². The maximum atomic E-state index is 5.94. The number of imidazole rings is 1. The zero-order valence-corrected chi connectivity index (χ0v) is 10.2. The van der Waals surface area contributed by atoms with E-state index in [2.05, 4.69) is 19.4 Å². The second-order valence-electron chi connectivity index (χ2n) is 4.54. The first-order chi connectivity index (χ1) is 8.88. The summed E-state index contributed by atoms with van der Waals surface area (Å²) in [6.45, 7) is 3.46. The van der Waals surface area contributed by atoms with Gasteiger partial charge in [0.05, 0.1) is 6.54 Å². The quantitative estimate of drug-likeness (QED) is 0.866. The Bertz CT molecular complexity index is 507. The summed E-state index contributed by atoms with van der Waals surface area (Å²) in [4.78, 5) is 10.8. The van der Waals surface area contributed by atoms with Gasteiger partial charge in [-0.1, -0.05) is 0 Å². The van der Waals surface area contributed by atoms with Crippen LogP contribution < -0.4 is 5.73 Å². The van der Waals surface area contributed by atoms with Crippen LogP contribution in [0.2, 0.25) is 0 Å². The van der Waals surface area contributed by atoms with Crippen molar-refractivity contribution in [3.8, 4) is 0 Å². The van der Waals surface area contributed by atoms with Crippen LogP contribution in [-0.2, 0) is 13.1 Å². The SMILES string of the molecule is NCC(c1ccncc1)N1CCn2ccnc2C1. The molecule has 3 rings (SSSR count). The number of aromatic nitrogens is 3. The van der Waals surface area contributed by atoms with Gasteiger partial charge in [0.1, 0.15) is 5.82 Å². The first-order valence-corrected chi connectivity index (χ1v) is 6.22. The second-order valence-corrected chi connectivity index (χ2v) is 4.54. The third-order valence-electron chi connectivity index (χ3n) is 3.53. The van der Waals surface area contributed by atoms with E-state index in [1.165, 1.54) is 5.56 Å². The van der Waals surface area contributed by atoms with E-state index in [4.69, 9.17) is 5.73 Å². The molecule has 1 unspecified atom stereocenters. The molecule has 0 saturated carbocycles. The highest BCUT2D eigenvalue weighted by molar-refractivity contribution is 5.16. The summed E-state index contributed by atoms with van der Waals surface area (Å²) < 4.78 is 2.20. The molecule has 18 heavy (non-hydrogen) atoms. The monoisotopic (exact) mass is 243 g/mol. The third kappa shape index (κ3) is 2.02. The fourth-order valence-electron chi connectivity index (χ4n) is 2.54. The summed E-state index contributed by atoms with van der Waals surface area (Å²) >= 11 is 0.